The van der Waals surface area contributed by atoms with E-state index in [0.29, 0.717) is 11.6 Å². The first kappa shape index (κ1) is 22.9. The molecule has 0 radical (unpaired) electrons. The highest BCUT2D eigenvalue weighted by molar-refractivity contribution is 6.98. The fraction of sp³-hybridized carbons (Fsp3) is 0. The van der Waals surface area contributed by atoms with Gasteiger partial charge in [0.2, 0.25) is 5.95 Å². The third-order valence-electron chi connectivity index (χ3n) is 8.20. The highest BCUT2D eigenvalue weighted by Crippen LogP contribution is 2.38. The van der Waals surface area contributed by atoms with Gasteiger partial charge < -0.3 is 9.47 Å². The molecule has 0 fully saturated rings. The van der Waals surface area contributed by atoms with Crippen LogP contribution in [0.25, 0.3) is 39.0 Å². The molecule has 0 atom stereocenters. The van der Waals surface area contributed by atoms with Crippen molar-refractivity contribution in [3.05, 3.63) is 121 Å². The maximum atomic E-state index is 10.0. The maximum Gasteiger partial charge on any atom is 0.260 e. The van der Waals surface area contributed by atoms with Crippen LogP contribution in [-0.4, -0.2) is 21.2 Å². The van der Waals surface area contributed by atoms with Crippen LogP contribution in [0.15, 0.2) is 115 Å². The summed E-state index contributed by atoms with van der Waals surface area (Å²) in [5.74, 6) is 3.51. The number of rotatable bonds is 2. The van der Waals surface area contributed by atoms with Crippen LogP contribution in [0.1, 0.15) is 5.69 Å². The van der Waals surface area contributed by atoms with Gasteiger partial charge in [0.25, 0.3) is 6.71 Å². The zero-order valence-corrected chi connectivity index (χ0v) is 22.2. The fourth-order valence-corrected chi connectivity index (χ4v) is 6.42. The van der Waals surface area contributed by atoms with Gasteiger partial charge in [-0.15, -0.1) is 0 Å². The van der Waals surface area contributed by atoms with E-state index in [1.165, 1.54) is 0 Å². The lowest BCUT2D eigenvalue weighted by Gasteiger charge is -2.33. The Hall–Kier alpha value is -5.87. The quantitative estimate of drug-likeness (QED) is 0.259. The van der Waals surface area contributed by atoms with Gasteiger partial charge in [0.15, 0.2) is 0 Å². The Morgan fingerprint density at radius 3 is 1.76 bits per heavy atom. The summed E-state index contributed by atoms with van der Waals surface area (Å²) in [6, 6.07) is 40.6. The molecule has 4 heterocycles. The van der Waals surface area contributed by atoms with E-state index in [0.717, 1.165) is 66.8 Å². The van der Waals surface area contributed by atoms with Gasteiger partial charge in [-0.2, -0.15) is 5.26 Å². The second-order valence-electron chi connectivity index (χ2n) is 10.5. The molecule has 194 valence electrons. The van der Waals surface area contributed by atoms with Crippen LogP contribution in [0, 0.1) is 11.3 Å². The minimum Gasteiger partial charge on any atom is -0.458 e. The monoisotopic (exact) mass is 538 g/mol. The molecule has 7 aromatic rings. The smallest absolute Gasteiger partial charge is 0.260 e. The zero-order chi connectivity index (χ0) is 27.8. The lowest BCUT2D eigenvalue weighted by Crippen LogP contribution is -2.57. The average molecular weight is 538 g/mol. The van der Waals surface area contributed by atoms with Gasteiger partial charge >= 0.3 is 0 Å². The highest BCUT2D eigenvalue weighted by atomic mass is 16.5. The van der Waals surface area contributed by atoms with Crippen molar-refractivity contribution in [2.75, 3.05) is 0 Å². The Morgan fingerprint density at radius 1 is 0.619 bits per heavy atom. The lowest BCUT2D eigenvalue weighted by molar-refractivity contribution is 0.465. The predicted octanol–water partition coefficient (Wildman–Crippen LogP) is 5.84. The van der Waals surface area contributed by atoms with Gasteiger partial charge in [-0.05, 0) is 47.3 Å². The van der Waals surface area contributed by atoms with Crippen molar-refractivity contribution in [2.24, 2.45) is 0 Å². The Kier molecular flexibility index (Phi) is 4.67. The van der Waals surface area contributed by atoms with Crippen LogP contribution in [0.2, 0.25) is 0 Å². The van der Waals surface area contributed by atoms with E-state index in [-0.39, 0.29) is 12.4 Å². The number of fused-ring (bicyclic) bond motifs is 7. The first-order valence-electron chi connectivity index (χ1n) is 13.8. The number of nitrogens with zero attached hydrogens (tertiary/aromatic N) is 4. The van der Waals surface area contributed by atoms with Crippen LogP contribution in [0.5, 0.6) is 23.0 Å². The van der Waals surface area contributed by atoms with Crippen molar-refractivity contribution >= 4 is 44.9 Å². The minimum absolute atomic E-state index is 0.00724. The molecule has 6 nitrogen and oxygen atoms in total. The minimum atomic E-state index is -0.00724. The molecule has 2 aliphatic rings. The van der Waals surface area contributed by atoms with Gasteiger partial charge in [-0.1, -0.05) is 72.8 Å². The zero-order valence-electron chi connectivity index (χ0n) is 22.2. The summed E-state index contributed by atoms with van der Waals surface area (Å²) in [6.07, 6.45) is 0. The molecule has 2 aromatic heterocycles. The van der Waals surface area contributed by atoms with Crippen molar-refractivity contribution in [3.8, 4) is 46.3 Å². The average Bonchev–Trinajstić information content (AvgIpc) is 3.38. The summed E-state index contributed by atoms with van der Waals surface area (Å²) >= 11 is 0. The summed E-state index contributed by atoms with van der Waals surface area (Å²) < 4.78 is 15.0. The van der Waals surface area contributed by atoms with Crippen LogP contribution in [0.3, 0.4) is 0 Å². The Morgan fingerprint density at radius 2 is 1.17 bits per heavy atom. The van der Waals surface area contributed by atoms with Crippen molar-refractivity contribution < 1.29 is 9.47 Å². The third-order valence-corrected chi connectivity index (χ3v) is 8.20. The standard InChI is InChI=1S/C35H19BN4O2/c37-20-22-19-27(39-35(38-22)40-28-13-5-1-9-23(28)24-10-2-6-14-29(24)40)21-17-32-34-33(18-21)42-31-16-8-4-12-26(31)36(34)25-11-3-7-15-30(25)41-32/h1-19H. The van der Waals surface area contributed by atoms with E-state index in [4.69, 9.17) is 14.5 Å². The van der Waals surface area contributed by atoms with Gasteiger partial charge in [0.1, 0.15) is 34.8 Å². The molecular formula is C35H19BN4O2. The fourth-order valence-electron chi connectivity index (χ4n) is 6.42. The van der Waals surface area contributed by atoms with Crippen molar-refractivity contribution in [3.63, 3.8) is 0 Å². The molecule has 0 spiro atoms. The van der Waals surface area contributed by atoms with Gasteiger partial charge in [-0.25, -0.2) is 9.97 Å². The summed E-state index contributed by atoms with van der Waals surface area (Å²) in [6.45, 7) is -0.00724. The molecular weight excluding hydrogens is 519 g/mol. The number of ether oxygens (including phenoxy) is 2. The van der Waals surface area contributed by atoms with E-state index in [1.54, 1.807) is 6.07 Å². The first-order valence-corrected chi connectivity index (χ1v) is 13.8. The molecule has 9 rings (SSSR count). The summed E-state index contributed by atoms with van der Waals surface area (Å²) in [5, 5.41) is 12.2. The molecule has 2 aliphatic heterocycles. The number of benzene rings is 5. The molecule has 0 aliphatic carbocycles. The van der Waals surface area contributed by atoms with E-state index in [9.17, 15) is 5.26 Å². The van der Waals surface area contributed by atoms with E-state index in [2.05, 4.69) is 47.5 Å². The Balaban J connectivity index is 1.28. The summed E-state index contributed by atoms with van der Waals surface area (Å²) in [4.78, 5) is 9.70. The van der Waals surface area contributed by atoms with Crippen LogP contribution < -0.4 is 25.9 Å². The summed E-state index contributed by atoms with van der Waals surface area (Å²) in [5.41, 5.74) is 6.83. The number of para-hydroxylation sites is 4. The molecule has 5 aromatic carbocycles. The molecule has 0 saturated carbocycles. The number of aromatic nitrogens is 3. The second kappa shape index (κ2) is 8.57. The molecule has 0 amide bonds. The van der Waals surface area contributed by atoms with Gasteiger partial charge in [-0.3, -0.25) is 4.57 Å². The first-order chi connectivity index (χ1) is 20.8. The van der Waals surface area contributed by atoms with Crippen LogP contribution in [0.4, 0.5) is 0 Å². The molecule has 0 saturated heterocycles. The highest BCUT2D eigenvalue weighted by Gasteiger charge is 2.40. The van der Waals surface area contributed by atoms with Crippen molar-refractivity contribution in [1.29, 1.82) is 5.26 Å². The van der Waals surface area contributed by atoms with Crippen molar-refractivity contribution in [2.45, 2.75) is 0 Å². The topological polar surface area (TPSA) is 73.0 Å². The van der Waals surface area contributed by atoms with E-state index in [1.807, 2.05) is 77.4 Å². The molecule has 0 N–H and O–H groups in total. The summed E-state index contributed by atoms with van der Waals surface area (Å²) in [7, 11) is 0. The second-order valence-corrected chi connectivity index (χ2v) is 10.5. The number of nitriles is 1. The van der Waals surface area contributed by atoms with E-state index < -0.39 is 0 Å². The molecule has 42 heavy (non-hydrogen) atoms. The van der Waals surface area contributed by atoms with Crippen molar-refractivity contribution in [1.82, 2.24) is 14.5 Å². The van der Waals surface area contributed by atoms with Gasteiger partial charge in [0.05, 0.1) is 16.7 Å². The Labute approximate surface area is 241 Å². The lowest BCUT2D eigenvalue weighted by atomic mass is 9.35. The predicted molar refractivity (Wildman–Crippen MR) is 164 cm³/mol. The molecule has 0 bridgehead atoms. The van der Waals surface area contributed by atoms with Gasteiger partial charge in [0, 0.05) is 27.9 Å². The number of hydrogen-bond acceptors (Lipinski definition) is 5. The molecule has 0 unspecified atom stereocenters. The Bertz CT molecular complexity index is 2180. The van der Waals surface area contributed by atoms with Crippen LogP contribution >= 0.6 is 0 Å². The van der Waals surface area contributed by atoms with Crippen LogP contribution in [-0.2, 0) is 0 Å². The SMILES string of the molecule is N#Cc1cc(-c2cc3c4c(c2)Oc2ccccc2B4c2ccccc2O3)nc(-n2c3ccccc3c3ccccc32)n1. The third kappa shape index (κ3) is 3.21. The maximum absolute atomic E-state index is 10.0. The largest absolute Gasteiger partial charge is 0.458 e. The molecule has 7 heteroatoms. The normalized spacial score (nSPS) is 12.6. The van der Waals surface area contributed by atoms with E-state index >= 15 is 0 Å². The number of hydrogen-bond donors (Lipinski definition) is 0.